The molecule has 0 bridgehead atoms. The fourth-order valence-electron chi connectivity index (χ4n) is 9.91. The van der Waals surface area contributed by atoms with Gasteiger partial charge in [0.05, 0.1) is 6.54 Å². The number of amides is 1. The van der Waals surface area contributed by atoms with Gasteiger partial charge < -0.3 is 10.4 Å². The van der Waals surface area contributed by atoms with Gasteiger partial charge in [0.2, 0.25) is 0 Å². The Hall–Kier alpha value is -1.88. The molecule has 4 aliphatic carbocycles. The van der Waals surface area contributed by atoms with Gasteiger partial charge in [0, 0.05) is 29.9 Å². The maximum Gasteiger partial charge on any atom is 0.411 e. The van der Waals surface area contributed by atoms with Crippen LogP contribution in [0, 0.1) is 39.9 Å². The molecule has 1 amide bonds. The molecule has 216 valence electrons. The summed E-state index contributed by atoms with van der Waals surface area (Å²) in [5.74, 6) is 2.90. The minimum Gasteiger partial charge on any atom is -0.465 e. The maximum absolute atomic E-state index is 12.1. The molecule has 4 fully saturated rings. The minimum absolute atomic E-state index is 0.201. The lowest BCUT2D eigenvalue weighted by atomic mass is 9.46. The molecule has 0 spiro atoms. The maximum atomic E-state index is 12.1. The van der Waals surface area contributed by atoms with Gasteiger partial charge in [-0.15, -0.1) is 0 Å². The molecular weight excluding hydrogens is 482 g/mol. The third-order valence-electron chi connectivity index (χ3n) is 12.5. The van der Waals surface area contributed by atoms with Crippen molar-refractivity contribution < 1.29 is 9.90 Å². The fraction of sp³-hybridized carbons (Fsp3) is 0.765. The third kappa shape index (κ3) is 5.06. The van der Waals surface area contributed by atoms with Crippen LogP contribution in [0.15, 0.2) is 41.1 Å². The number of nitrogens with one attached hydrogen (secondary N) is 1. The van der Waals surface area contributed by atoms with Crippen molar-refractivity contribution in [2.45, 2.75) is 105 Å². The van der Waals surface area contributed by atoms with Crippen molar-refractivity contribution in [3.05, 3.63) is 36.1 Å². The molecule has 0 aromatic carbocycles. The Kier molecular flexibility index (Phi) is 7.72. The van der Waals surface area contributed by atoms with Crippen molar-refractivity contribution in [3.8, 4) is 0 Å². The molecule has 1 aliphatic heterocycles. The van der Waals surface area contributed by atoms with E-state index < -0.39 is 6.09 Å². The van der Waals surface area contributed by atoms with Crippen LogP contribution in [0.1, 0.15) is 98.8 Å². The van der Waals surface area contributed by atoms with E-state index in [1.807, 2.05) is 0 Å². The van der Waals surface area contributed by atoms with Gasteiger partial charge in [-0.05, 0) is 112 Å². The molecule has 5 aliphatic rings. The van der Waals surface area contributed by atoms with Crippen molar-refractivity contribution in [2.24, 2.45) is 44.9 Å². The number of aliphatic imine (C=N–C) groups is 1. The molecule has 7 atom stereocenters. The molecule has 0 aromatic rings. The second-order valence-electron chi connectivity index (χ2n) is 14.8. The lowest BCUT2D eigenvalue weighted by Gasteiger charge is -2.58. The third-order valence-corrected chi connectivity index (χ3v) is 12.5. The highest BCUT2D eigenvalue weighted by Crippen LogP contribution is 2.67. The van der Waals surface area contributed by atoms with Gasteiger partial charge in [0.1, 0.15) is 0 Å². The molecule has 3 saturated carbocycles. The van der Waals surface area contributed by atoms with E-state index >= 15 is 0 Å². The van der Waals surface area contributed by atoms with Crippen molar-refractivity contribution >= 4 is 11.8 Å². The summed E-state index contributed by atoms with van der Waals surface area (Å²) in [6, 6.07) is 0.337. The number of allylic oxidation sites excluding steroid dienone is 3. The van der Waals surface area contributed by atoms with E-state index in [9.17, 15) is 9.90 Å². The lowest BCUT2D eigenvalue weighted by molar-refractivity contribution is -0.0417. The van der Waals surface area contributed by atoms with Gasteiger partial charge in [-0.25, -0.2) is 4.79 Å². The Labute approximate surface area is 237 Å². The van der Waals surface area contributed by atoms with E-state index in [1.165, 1.54) is 61.1 Å². The highest BCUT2D eigenvalue weighted by atomic mass is 16.4. The molecule has 1 heterocycles. The largest absolute Gasteiger partial charge is 0.465 e. The number of fused-ring (bicyclic) bond motifs is 5. The van der Waals surface area contributed by atoms with Crippen molar-refractivity contribution in [1.82, 2.24) is 10.2 Å². The minimum atomic E-state index is -0.916. The lowest BCUT2D eigenvalue weighted by Crippen LogP contribution is -2.50. The van der Waals surface area contributed by atoms with Crippen molar-refractivity contribution in [1.29, 1.82) is 0 Å². The molecule has 0 radical (unpaired) electrons. The molecule has 5 heteroatoms. The standard InChI is InChI=1S/C34H53N3O2/c1-22-12-15-33(6)25(20-22)8-9-26-28-11-10-27(34(28,7)16-13-29(26)33)24(3)36-21-23(2)37(31(38)39)19-14-30-32(4,5)17-18-35-30/h20,26-30,35H,1-2,8-19,21H2,3-7H3,(H,38,39). The average molecular weight is 536 g/mol. The molecule has 39 heavy (non-hydrogen) atoms. The average Bonchev–Trinajstić information content (AvgIpc) is 3.41. The first-order valence-electron chi connectivity index (χ1n) is 15.7. The zero-order chi connectivity index (χ0) is 28.2. The Morgan fingerprint density at radius 2 is 1.87 bits per heavy atom. The number of hydrogen-bond acceptors (Lipinski definition) is 3. The van der Waals surface area contributed by atoms with Crippen LogP contribution in [0.3, 0.4) is 0 Å². The van der Waals surface area contributed by atoms with Gasteiger partial charge in [0.15, 0.2) is 0 Å². The van der Waals surface area contributed by atoms with Gasteiger partial charge in [-0.2, -0.15) is 0 Å². The Morgan fingerprint density at radius 1 is 1.10 bits per heavy atom. The number of nitrogens with zero attached hydrogens (tertiary/aromatic N) is 2. The summed E-state index contributed by atoms with van der Waals surface area (Å²) in [5.41, 5.74) is 5.69. The highest BCUT2D eigenvalue weighted by molar-refractivity contribution is 5.85. The SMILES string of the molecule is C=C1C=C2CCC3C(CCC4(C)C(C(C)=NCC(=C)N(CCC5NCCC5(C)C)C(=O)O)CCC34)C2(C)CC1. The fourth-order valence-corrected chi connectivity index (χ4v) is 9.91. The van der Waals surface area contributed by atoms with Crippen LogP contribution in [0.5, 0.6) is 0 Å². The van der Waals surface area contributed by atoms with E-state index in [0.29, 0.717) is 41.6 Å². The van der Waals surface area contributed by atoms with Gasteiger partial charge in [0.25, 0.3) is 0 Å². The second kappa shape index (κ2) is 10.5. The van der Waals surface area contributed by atoms with Crippen molar-refractivity contribution in [2.75, 3.05) is 19.6 Å². The van der Waals surface area contributed by atoms with Crippen LogP contribution in [-0.2, 0) is 0 Å². The normalized spacial score (nSPS) is 39.4. The molecule has 2 N–H and O–H groups in total. The summed E-state index contributed by atoms with van der Waals surface area (Å²) in [6.45, 7) is 22.1. The summed E-state index contributed by atoms with van der Waals surface area (Å²) >= 11 is 0. The predicted molar refractivity (Wildman–Crippen MR) is 161 cm³/mol. The first-order valence-corrected chi connectivity index (χ1v) is 15.7. The highest BCUT2D eigenvalue weighted by Gasteiger charge is 2.59. The molecular formula is C34H53N3O2. The van der Waals surface area contributed by atoms with Crippen LogP contribution < -0.4 is 5.32 Å². The van der Waals surface area contributed by atoms with Crippen LogP contribution >= 0.6 is 0 Å². The first-order chi connectivity index (χ1) is 18.4. The Bertz CT molecular complexity index is 1070. The molecule has 5 rings (SSSR count). The van der Waals surface area contributed by atoms with Crippen LogP contribution in [-0.4, -0.2) is 47.5 Å². The van der Waals surface area contributed by atoms with Crippen LogP contribution in [0.25, 0.3) is 0 Å². The summed E-state index contributed by atoms with van der Waals surface area (Å²) < 4.78 is 0. The van der Waals surface area contributed by atoms with E-state index in [1.54, 1.807) is 5.57 Å². The number of hydrogen-bond donors (Lipinski definition) is 2. The number of carboxylic acid groups (broad SMARTS) is 1. The summed E-state index contributed by atoms with van der Waals surface area (Å²) in [5, 5.41) is 13.5. The first kappa shape index (κ1) is 28.6. The number of rotatable bonds is 7. The van der Waals surface area contributed by atoms with Crippen LogP contribution in [0.4, 0.5) is 4.79 Å². The quantitative estimate of drug-likeness (QED) is 0.326. The predicted octanol–water partition coefficient (Wildman–Crippen LogP) is 7.85. The summed E-state index contributed by atoms with van der Waals surface area (Å²) in [4.78, 5) is 18.6. The monoisotopic (exact) mass is 535 g/mol. The Morgan fingerprint density at radius 3 is 2.56 bits per heavy atom. The van der Waals surface area contributed by atoms with E-state index in [0.717, 1.165) is 43.6 Å². The number of carbonyl (C=O) groups is 1. The van der Waals surface area contributed by atoms with Gasteiger partial charge in [-0.3, -0.25) is 9.89 Å². The van der Waals surface area contributed by atoms with Crippen molar-refractivity contribution in [3.63, 3.8) is 0 Å². The van der Waals surface area contributed by atoms with E-state index in [-0.39, 0.29) is 5.41 Å². The van der Waals surface area contributed by atoms with Gasteiger partial charge >= 0.3 is 6.09 Å². The second-order valence-corrected chi connectivity index (χ2v) is 14.8. The van der Waals surface area contributed by atoms with Gasteiger partial charge in [-0.1, -0.05) is 58.1 Å². The summed E-state index contributed by atoms with van der Waals surface area (Å²) in [6.07, 6.45) is 13.6. The molecule has 1 saturated heterocycles. The molecule has 7 unspecified atom stereocenters. The van der Waals surface area contributed by atoms with E-state index in [4.69, 9.17) is 4.99 Å². The summed E-state index contributed by atoms with van der Waals surface area (Å²) in [7, 11) is 0. The zero-order valence-corrected chi connectivity index (χ0v) is 25.3. The zero-order valence-electron chi connectivity index (χ0n) is 25.3. The molecule has 0 aromatic heterocycles. The topological polar surface area (TPSA) is 64.9 Å². The Balaban J connectivity index is 1.24. The molecule has 5 nitrogen and oxygen atoms in total. The smallest absolute Gasteiger partial charge is 0.411 e. The van der Waals surface area contributed by atoms with E-state index in [2.05, 4.69) is 59.2 Å². The van der Waals surface area contributed by atoms with Crippen LogP contribution in [0.2, 0.25) is 0 Å².